The summed E-state index contributed by atoms with van der Waals surface area (Å²) in [6, 6.07) is 7.23. The summed E-state index contributed by atoms with van der Waals surface area (Å²) in [6.45, 7) is 0.603. The third-order valence-corrected chi connectivity index (χ3v) is 3.05. The van der Waals surface area contributed by atoms with Crippen molar-refractivity contribution >= 4 is 11.6 Å². The Hall–Kier alpha value is -1.59. The highest BCUT2D eigenvalue weighted by molar-refractivity contribution is 5.81. The molecule has 0 bridgehead atoms. The van der Waals surface area contributed by atoms with E-state index in [2.05, 4.69) is 0 Å². The molecule has 1 saturated heterocycles. The number of aliphatic hydroxyl groups is 1. The van der Waals surface area contributed by atoms with Crippen LogP contribution in [-0.2, 0) is 4.79 Å². The lowest BCUT2D eigenvalue weighted by Gasteiger charge is -2.26. The predicted octanol–water partition coefficient (Wildman–Crippen LogP) is 0.262. The van der Waals surface area contributed by atoms with Gasteiger partial charge in [-0.05, 0) is 17.7 Å². The van der Waals surface area contributed by atoms with E-state index in [0.29, 0.717) is 13.0 Å². The zero-order valence-electron chi connectivity index (χ0n) is 9.84. The van der Waals surface area contributed by atoms with Crippen molar-refractivity contribution < 1.29 is 9.90 Å². The topological polar surface area (TPSA) is 69.8 Å². The second-order valence-electron chi connectivity index (χ2n) is 4.17. The molecule has 0 radical (unpaired) electrons. The molecule has 0 spiro atoms. The van der Waals surface area contributed by atoms with Crippen LogP contribution in [0.4, 0.5) is 5.69 Å². The van der Waals surface area contributed by atoms with Gasteiger partial charge in [0.25, 0.3) is 0 Å². The summed E-state index contributed by atoms with van der Waals surface area (Å²) < 4.78 is 0. The Bertz CT molecular complexity index is 422. The molecule has 1 amide bonds. The lowest BCUT2D eigenvalue weighted by molar-refractivity contribution is -0.126. The van der Waals surface area contributed by atoms with E-state index in [1.165, 1.54) is 0 Å². The van der Waals surface area contributed by atoms with E-state index >= 15 is 0 Å². The first-order chi connectivity index (χ1) is 8.13. The number of rotatable bonds is 3. The van der Waals surface area contributed by atoms with Gasteiger partial charge in [-0.1, -0.05) is 12.1 Å². The number of hydrogen-bond acceptors (Lipinski definition) is 4. The van der Waals surface area contributed by atoms with Crippen LogP contribution < -0.4 is 10.7 Å². The fourth-order valence-electron chi connectivity index (χ4n) is 1.97. The van der Waals surface area contributed by atoms with Crippen molar-refractivity contribution in [1.29, 1.82) is 0 Å². The first kappa shape index (κ1) is 11.9. The van der Waals surface area contributed by atoms with Crippen LogP contribution in [0.2, 0.25) is 0 Å². The SMILES string of the molecule is CN1C(=O)CCN1c1cccc(C(N)CO)c1. The van der Waals surface area contributed by atoms with Crippen LogP contribution in [-0.4, -0.2) is 36.2 Å². The minimum absolute atomic E-state index is 0.0851. The van der Waals surface area contributed by atoms with Gasteiger partial charge >= 0.3 is 0 Å². The highest BCUT2D eigenvalue weighted by Crippen LogP contribution is 2.24. The van der Waals surface area contributed by atoms with Crippen molar-refractivity contribution in [3.05, 3.63) is 29.8 Å². The number of anilines is 1. The maximum Gasteiger partial charge on any atom is 0.242 e. The van der Waals surface area contributed by atoms with Gasteiger partial charge < -0.3 is 10.8 Å². The number of nitrogens with zero attached hydrogens (tertiary/aromatic N) is 2. The molecule has 1 aromatic carbocycles. The number of hydrogen-bond donors (Lipinski definition) is 2. The third-order valence-electron chi connectivity index (χ3n) is 3.05. The maximum absolute atomic E-state index is 11.5. The van der Waals surface area contributed by atoms with Gasteiger partial charge in [-0.15, -0.1) is 0 Å². The standard InChI is InChI=1S/C12H17N3O2/c1-14-12(17)5-6-15(14)10-4-2-3-9(7-10)11(13)8-16/h2-4,7,11,16H,5-6,8,13H2,1H3. The number of carbonyl (C=O) groups excluding carboxylic acids is 1. The summed E-state index contributed by atoms with van der Waals surface area (Å²) in [6.07, 6.45) is 0.535. The summed E-state index contributed by atoms with van der Waals surface area (Å²) >= 11 is 0. The second-order valence-corrected chi connectivity index (χ2v) is 4.17. The molecule has 3 N–H and O–H groups in total. The molecule has 1 aromatic rings. The van der Waals surface area contributed by atoms with Gasteiger partial charge in [0.1, 0.15) is 0 Å². The molecule has 1 fully saturated rings. The summed E-state index contributed by atoms with van der Waals surface area (Å²) in [5.74, 6) is 0.113. The molecular weight excluding hydrogens is 218 g/mol. The monoisotopic (exact) mass is 235 g/mol. The van der Waals surface area contributed by atoms with E-state index in [-0.39, 0.29) is 18.6 Å². The van der Waals surface area contributed by atoms with E-state index in [1.54, 1.807) is 12.1 Å². The first-order valence-corrected chi connectivity index (χ1v) is 5.64. The maximum atomic E-state index is 11.5. The van der Waals surface area contributed by atoms with Crippen LogP contribution in [0.5, 0.6) is 0 Å². The molecule has 0 aromatic heterocycles. The third kappa shape index (κ3) is 2.25. The van der Waals surface area contributed by atoms with Gasteiger partial charge in [-0.2, -0.15) is 0 Å². The number of nitrogens with two attached hydrogens (primary N) is 1. The second kappa shape index (κ2) is 4.73. The predicted molar refractivity (Wildman–Crippen MR) is 65.2 cm³/mol. The van der Waals surface area contributed by atoms with E-state index < -0.39 is 0 Å². The van der Waals surface area contributed by atoms with Crippen molar-refractivity contribution in [2.45, 2.75) is 12.5 Å². The van der Waals surface area contributed by atoms with Crippen LogP contribution in [0.15, 0.2) is 24.3 Å². The minimum Gasteiger partial charge on any atom is -0.394 e. The molecule has 1 aliphatic rings. The number of aliphatic hydroxyl groups excluding tert-OH is 1. The van der Waals surface area contributed by atoms with Crippen LogP contribution in [0.25, 0.3) is 0 Å². The Morgan fingerprint density at radius 1 is 1.53 bits per heavy atom. The Morgan fingerprint density at radius 3 is 2.88 bits per heavy atom. The molecule has 5 heteroatoms. The number of amides is 1. The van der Waals surface area contributed by atoms with Gasteiger partial charge in [0, 0.05) is 20.0 Å². The zero-order valence-corrected chi connectivity index (χ0v) is 9.84. The highest BCUT2D eigenvalue weighted by Gasteiger charge is 2.25. The Kier molecular flexibility index (Phi) is 3.31. The molecule has 92 valence electrons. The van der Waals surface area contributed by atoms with E-state index in [0.717, 1.165) is 11.3 Å². The first-order valence-electron chi connectivity index (χ1n) is 5.64. The highest BCUT2D eigenvalue weighted by atomic mass is 16.3. The molecule has 2 rings (SSSR count). The molecule has 1 aliphatic heterocycles. The summed E-state index contributed by atoms with van der Waals surface area (Å²) in [5.41, 5.74) is 7.58. The van der Waals surface area contributed by atoms with Crippen LogP contribution >= 0.6 is 0 Å². The van der Waals surface area contributed by atoms with Crippen LogP contribution in [0.1, 0.15) is 18.0 Å². The number of hydrazine groups is 1. The van der Waals surface area contributed by atoms with Crippen LogP contribution in [0, 0.1) is 0 Å². The smallest absolute Gasteiger partial charge is 0.242 e. The minimum atomic E-state index is -0.376. The van der Waals surface area contributed by atoms with Crippen molar-refractivity contribution in [2.24, 2.45) is 5.73 Å². The molecule has 0 aliphatic carbocycles. The van der Waals surface area contributed by atoms with Gasteiger partial charge in [-0.25, -0.2) is 0 Å². The van der Waals surface area contributed by atoms with Gasteiger partial charge in [0.2, 0.25) is 5.91 Å². The molecular formula is C12H17N3O2. The molecule has 1 heterocycles. The Morgan fingerprint density at radius 2 is 2.29 bits per heavy atom. The van der Waals surface area contributed by atoms with E-state index in [1.807, 2.05) is 29.3 Å². The zero-order chi connectivity index (χ0) is 12.4. The largest absolute Gasteiger partial charge is 0.394 e. The number of benzene rings is 1. The van der Waals surface area contributed by atoms with Crippen LogP contribution in [0.3, 0.4) is 0 Å². The molecule has 0 saturated carbocycles. The molecule has 1 atom stereocenters. The average molecular weight is 235 g/mol. The summed E-state index contributed by atoms with van der Waals surface area (Å²) in [5, 5.41) is 12.6. The van der Waals surface area contributed by atoms with E-state index in [4.69, 9.17) is 10.8 Å². The summed E-state index contributed by atoms with van der Waals surface area (Å²) in [4.78, 5) is 11.5. The van der Waals surface area contributed by atoms with Gasteiger partial charge in [-0.3, -0.25) is 14.8 Å². The fourth-order valence-corrected chi connectivity index (χ4v) is 1.97. The van der Waals surface area contributed by atoms with Crippen molar-refractivity contribution in [3.63, 3.8) is 0 Å². The number of carbonyl (C=O) groups is 1. The average Bonchev–Trinajstić information content (AvgIpc) is 2.69. The molecule has 5 nitrogen and oxygen atoms in total. The Balaban J connectivity index is 2.24. The van der Waals surface area contributed by atoms with Crippen molar-refractivity contribution in [2.75, 3.05) is 25.2 Å². The van der Waals surface area contributed by atoms with Gasteiger partial charge in [0.15, 0.2) is 0 Å². The van der Waals surface area contributed by atoms with Gasteiger partial charge in [0.05, 0.1) is 18.3 Å². The van der Waals surface area contributed by atoms with Crippen molar-refractivity contribution in [3.8, 4) is 0 Å². The lowest BCUT2D eigenvalue weighted by Crippen LogP contribution is -2.35. The van der Waals surface area contributed by atoms with Crippen molar-refractivity contribution in [1.82, 2.24) is 5.01 Å². The fraction of sp³-hybridized carbons (Fsp3) is 0.417. The lowest BCUT2D eigenvalue weighted by atomic mass is 10.1. The molecule has 17 heavy (non-hydrogen) atoms. The molecule has 1 unspecified atom stereocenters. The quantitative estimate of drug-likeness (QED) is 0.788. The normalized spacial score (nSPS) is 17.7. The van der Waals surface area contributed by atoms with E-state index in [9.17, 15) is 4.79 Å². The summed E-state index contributed by atoms with van der Waals surface area (Å²) in [7, 11) is 1.76. The Labute approximate surface area is 100 Å².